The summed E-state index contributed by atoms with van der Waals surface area (Å²) < 4.78 is 5.30. The van der Waals surface area contributed by atoms with Crippen molar-refractivity contribution in [2.45, 2.75) is 19.5 Å². The summed E-state index contributed by atoms with van der Waals surface area (Å²) in [6.45, 7) is 6.34. The molecule has 1 N–H and O–H groups in total. The molecule has 28 heavy (non-hydrogen) atoms. The maximum absolute atomic E-state index is 12.7. The summed E-state index contributed by atoms with van der Waals surface area (Å²) >= 11 is 12.0. The van der Waals surface area contributed by atoms with Crippen LogP contribution in [0.25, 0.3) is 0 Å². The zero-order valence-electron chi connectivity index (χ0n) is 16.1. The predicted molar refractivity (Wildman–Crippen MR) is 114 cm³/mol. The van der Waals surface area contributed by atoms with E-state index in [1.54, 1.807) is 25.3 Å². The Balaban J connectivity index is 1.53. The van der Waals surface area contributed by atoms with Crippen molar-refractivity contribution >= 4 is 34.8 Å². The lowest BCUT2D eigenvalue weighted by Crippen LogP contribution is -2.52. The summed E-state index contributed by atoms with van der Waals surface area (Å²) in [7, 11) is 1.57. The Kier molecular flexibility index (Phi) is 7.18. The largest absolute Gasteiger partial charge is 0.495 e. The second kappa shape index (κ2) is 9.61. The third-order valence-corrected chi connectivity index (χ3v) is 5.56. The van der Waals surface area contributed by atoms with Crippen LogP contribution in [0.15, 0.2) is 42.5 Å². The molecular formula is C21H25Cl2N3O2. The molecule has 7 heteroatoms. The average Bonchev–Trinajstić information content (AvgIpc) is 2.70. The first-order valence-corrected chi connectivity index (χ1v) is 10.1. The monoisotopic (exact) mass is 421 g/mol. The summed E-state index contributed by atoms with van der Waals surface area (Å²) in [5, 5.41) is 4.25. The quantitative estimate of drug-likeness (QED) is 0.760. The molecule has 3 rings (SSSR count). The Morgan fingerprint density at radius 2 is 1.71 bits per heavy atom. The molecule has 1 aliphatic heterocycles. The number of halogens is 2. The topological polar surface area (TPSA) is 44.8 Å². The van der Waals surface area contributed by atoms with E-state index in [1.165, 1.54) is 5.56 Å². The van der Waals surface area contributed by atoms with Crippen LogP contribution in [-0.2, 0) is 11.3 Å². The van der Waals surface area contributed by atoms with E-state index < -0.39 is 0 Å². The number of rotatable bonds is 6. The van der Waals surface area contributed by atoms with Crippen molar-refractivity contribution in [1.29, 1.82) is 0 Å². The Bertz CT molecular complexity index is 806. The second-order valence-electron chi connectivity index (χ2n) is 6.95. The molecule has 1 amide bonds. The molecule has 1 saturated heterocycles. The number of nitrogens with one attached hydrogen (secondary N) is 1. The van der Waals surface area contributed by atoms with Crippen LogP contribution in [0.3, 0.4) is 0 Å². The minimum Gasteiger partial charge on any atom is -0.495 e. The van der Waals surface area contributed by atoms with Crippen molar-refractivity contribution < 1.29 is 9.53 Å². The van der Waals surface area contributed by atoms with E-state index >= 15 is 0 Å². The lowest BCUT2D eigenvalue weighted by Gasteiger charge is -2.37. The van der Waals surface area contributed by atoms with Crippen LogP contribution in [0.1, 0.15) is 12.5 Å². The highest BCUT2D eigenvalue weighted by molar-refractivity contribution is 6.31. The van der Waals surface area contributed by atoms with Gasteiger partial charge in [-0.1, -0.05) is 35.3 Å². The molecule has 0 spiro atoms. The van der Waals surface area contributed by atoms with Crippen LogP contribution in [-0.4, -0.2) is 55.0 Å². The Morgan fingerprint density at radius 3 is 2.36 bits per heavy atom. The minimum absolute atomic E-state index is 0.0632. The van der Waals surface area contributed by atoms with Gasteiger partial charge < -0.3 is 10.1 Å². The van der Waals surface area contributed by atoms with E-state index in [0.717, 1.165) is 37.7 Å². The first-order chi connectivity index (χ1) is 13.5. The third kappa shape index (κ3) is 5.39. The number of carbonyl (C=O) groups excluding carboxylic acids is 1. The van der Waals surface area contributed by atoms with Gasteiger partial charge in [0.25, 0.3) is 0 Å². The van der Waals surface area contributed by atoms with Crippen molar-refractivity contribution in [3.63, 3.8) is 0 Å². The molecular weight excluding hydrogens is 397 g/mol. The summed E-state index contributed by atoms with van der Waals surface area (Å²) in [5.74, 6) is 0.532. The van der Waals surface area contributed by atoms with E-state index in [4.69, 9.17) is 27.9 Å². The molecule has 5 nitrogen and oxygen atoms in total. The maximum Gasteiger partial charge on any atom is 0.241 e. The zero-order chi connectivity index (χ0) is 20.1. The Morgan fingerprint density at radius 1 is 1.07 bits per heavy atom. The standard InChI is InChI=1S/C21H25Cl2N3O2/c1-15(21(27)24-19-13-18(23)7-8-20(19)28-2)26-11-9-25(10-12-26)14-16-3-5-17(22)6-4-16/h3-8,13,15H,9-12,14H2,1-2H3,(H,24,27). The molecule has 0 bridgehead atoms. The molecule has 1 unspecified atom stereocenters. The lowest BCUT2D eigenvalue weighted by atomic mass is 10.1. The van der Waals surface area contributed by atoms with Gasteiger partial charge in [-0.3, -0.25) is 14.6 Å². The minimum atomic E-state index is -0.235. The molecule has 0 aromatic heterocycles. The van der Waals surface area contributed by atoms with Gasteiger partial charge in [0.15, 0.2) is 0 Å². The third-order valence-electron chi connectivity index (χ3n) is 5.07. The van der Waals surface area contributed by atoms with Crippen LogP contribution >= 0.6 is 23.2 Å². The predicted octanol–water partition coefficient (Wildman–Crippen LogP) is 4.15. The Labute approximate surface area is 176 Å². The number of carbonyl (C=O) groups is 1. The SMILES string of the molecule is COc1ccc(Cl)cc1NC(=O)C(C)N1CCN(Cc2ccc(Cl)cc2)CC1. The van der Waals surface area contributed by atoms with Gasteiger partial charge in [0.05, 0.1) is 18.8 Å². The molecule has 150 valence electrons. The number of amides is 1. The van der Waals surface area contributed by atoms with Crippen molar-refractivity contribution in [3.05, 3.63) is 58.1 Å². The van der Waals surface area contributed by atoms with Crippen molar-refractivity contribution in [3.8, 4) is 5.75 Å². The van der Waals surface area contributed by atoms with Crippen molar-refractivity contribution in [2.24, 2.45) is 0 Å². The maximum atomic E-state index is 12.7. The first kappa shape index (κ1) is 20.9. The molecule has 1 aliphatic rings. The summed E-state index contributed by atoms with van der Waals surface area (Å²) in [6, 6.07) is 12.9. The summed E-state index contributed by atoms with van der Waals surface area (Å²) in [5.41, 5.74) is 1.84. The number of hydrogen-bond donors (Lipinski definition) is 1. The molecule has 2 aromatic rings. The fourth-order valence-electron chi connectivity index (χ4n) is 3.34. The van der Waals surface area contributed by atoms with Gasteiger partial charge in [-0.2, -0.15) is 0 Å². The number of hydrogen-bond acceptors (Lipinski definition) is 4. The fraction of sp³-hybridized carbons (Fsp3) is 0.381. The van der Waals surface area contributed by atoms with Gasteiger partial charge in [-0.25, -0.2) is 0 Å². The van der Waals surface area contributed by atoms with Crippen molar-refractivity contribution in [1.82, 2.24) is 9.80 Å². The highest BCUT2D eigenvalue weighted by atomic mass is 35.5. The highest BCUT2D eigenvalue weighted by Crippen LogP contribution is 2.28. The number of anilines is 1. The second-order valence-corrected chi connectivity index (χ2v) is 7.82. The van der Waals surface area contributed by atoms with Gasteiger partial charge in [0.2, 0.25) is 5.91 Å². The number of piperazine rings is 1. The number of nitrogens with zero attached hydrogens (tertiary/aromatic N) is 2. The molecule has 0 saturated carbocycles. The van der Waals surface area contributed by atoms with E-state index in [-0.39, 0.29) is 11.9 Å². The van der Waals surface area contributed by atoms with Gasteiger partial charge in [0, 0.05) is 42.8 Å². The molecule has 1 heterocycles. The summed E-state index contributed by atoms with van der Waals surface area (Å²) in [4.78, 5) is 17.3. The number of benzene rings is 2. The van der Waals surface area contributed by atoms with Crippen molar-refractivity contribution in [2.75, 3.05) is 38.6 Å². The van der Waals surface area contributed by atoms with E-state index in [0.29, 0.717) is 16.5 Å². The van der Waals surface area contributed by atoms with Crippen LogP contribution in [0.2, 0.25) is 10.0 Å². The van der Waals surface area contributed by atoms with Crippen LogP contribution in [0.4, 0.5) is 5.69 Å². The molecule has 1 atom stereocenters. The van der Waals surface area contributed by atoms with Crippen LogP contribution in [0, 0.1) is 0 Å². The molecule has 0 aliphatic carbocycles. The van der Waals surface area contributed by atoms with E-state index in [2.05, 4.69) is 27.2 Å². The van der Waals surface area contributed by atoms with Gasteiger partial charge >= 0.3 is 0 Å². The molecule has 0 radical (unpaired) electrons. The fourth-order valence-corrected chi connectivity index (χ4v) is 3.64. The number of ether oxygens (including phenoxy) is 1. The van der Waals surface area contributed by atoms with E-state index in [9.17, 15) is 4.79 Å². The highest BCUT2D eigenvalue weighted by Gasteiger charge is 2.26. The molecule has 2 aromatic carbocycles. The summed E-state index contributed by atoms with van der Waals surface area (Å²) in [6.07, 6.45) is 0. The first-order valence-electron chi connectivity index (χ1n) is 9.31. The van der Waals surface area contributed by atoms with Gasteiger partial charge in [-0.05, 0) is 42.8 Å². The molecule has 1 fully saturated rings. The van der Waals surface area contributed by atoms with Crippen LogP contribution < -0.4 is 10.1 Å². The van der Waals surface area contributed by atoms with Crippen LogP contribution in [0.5, 0.6) is 5.75 Å². The normalized spacial score (nSPS) is 16.6. The smallest absolute Gasteiger partial charge is 0.241 e. The Hall–Kier alpha value is -1.79. The van der Waals surface area contributed by atoms with Gasteiger partial charge in [-0.15, -0.1) is 0 Å². The zero-order valence-corrected chi connectivity index (χ0v) is 17.6. The number of methoxy groups -OCH3 is 1. The van der Waals surface area contributed by atoms with E-state index in [1.807, 2.05) is 19.1 Å². The average molecular weight is 422 g/mol. The lowest BCUT2D eigenvalue weighted by molar-refractivity contribution is -0.121. The van der Waals surface area contributed by atoms with Gasteiger partial charge in [0.1, 0.15) is 5.75 Å².